The third-order valence-electron chi connectivity index (χ3n) is 2.73. The van der Waals surface area contributed by atoms with Crippen LogP contribution in [0.4, 0.5) is 0 Å². The minimum absolute atomic E-state index is 0.459. The Morgan fingerprint density at radius 2 is 2.05 bits per heavy atom. The van der Waals surface area contributed by atoms with Crippen molar-refractivity contribution < 1.29 is 0 Å². The highest BCUT2D eigenvalue weighted by molar-refractivity contribution is 6.42. The van der Waals surface area contributed by atoms with E-state index in [4.69, 9.17) is 23.2 Å². The Morgan fingerprint density at radius 1 is 1.26 bits per heavy atom. The van der Waals surface area contributed by atoms with Gasteiger partial charge in [-0.05, 0) is 17.7 Å². The maximum absolute atomic E-state index is 6.00. The Balaban J connectivity index is 2.01. The molecule has 3 nitrogen and oxygen atoms in total. The van der Waals surface area contributed by atoms with Crippen molar-refractivity contribution in [3.63, 3.8) is 0 Å². The maximum Gasteiger partial charge on any atom is 0.0953 e. The van der Waals surface area contributed by atoms with Crippen LogP contribution < -0.4 is 5.32 Å². The number of halogens is 2. The summed E-state index contributed by atoms with van der Waals surface area (Å²) >= 11 is 11.9. The Hall–Kier alpha value is -1.03. The lowest BCUT2D eigenvalue weighted by molar-refractivity contribution is 0.582. The van der Waals surface area contributed by atoms with Gasteiger partial charge in [-0.3, -0.25) is 0 Å². The van der Waals surface area contributed by atoms with Gasteiger partial charge in [-0.15, -0.1) is 0 Å². The molecule has 0 unspecified atom stereocenters. The number of benzene rings is 1. The molecule has 2 rings (SSSR count). The summed E-state index contributed by atoms with van der Waals surface area (Å²) in [5.41, 5.74) is 2.14. The minimum Gasteiger partial charge on any atom is -0.333 e. The highest BCUT2D eigenvalue weighted by atomic mass is 35.5. The summed E-state index contributed by atoms with van der Waals surface area (Å²) in [6.07, 6.45) is 3.87. The third-order valence-corrected chi connectivity index (χ3v) is 3.47. The lowest BCUT2D eigenvalue weighted by Gasteiger charge is -2.05. The van der Waals surface area contributed by atoms with Crippen LogP contribution in [-0.4, -0.2) is 15.6 Å². The molecular weight excluding hydrogens is 281 g/mol. The SMILES string of the molecule is CC(C)NCc1cn(Cc2ccc(Cl)c(Cl)c2)cn1. The van der Waals surface area contributed by atoms with Crippen molar-refractivity contribution in [2.45, 2.75) is 33.0 Å². The van der Waals surface area contributed by atoms with Gasteiger partial charge < -0.3 is 9.88 Å². The Kier molecular flexibility index (Phi) is 4.86. The molecule has 0 bridgehead atoms. The number of hydrogen-bond acceptors (Lipinski definition) is 2. The molecule has 0 spiro atoms. The van der Waals surface area contributed by atoms with Crippen LogP contribution in [0, 0.1) is 0 Å². The molecule has 0 saturated heterocycles. The first kappa shape index (κ1) is 14.4. The zero-order chi connectivity index (χ0) is 13.8. The first-order valence-electron chi connectivity index (χ1n) is 6.22. The predicted molar refractivity (Wildman–Crippen MR) is 79.8 cm³/mol. The van der Waals surface area contributed by atoms with Crippen molar-refractivity contribution in [1.82, 2.24) is 14.9 Å². The summed E-state index contributed by atoms with van der Waals surface area (Å²) in [5, 5.41) is 4.51. The highest BCUT2D eigenvalue weighted by Gasteiger charge is 2.03. The van der Waals surface area contributed by atoms with Gasteiger partial charge in [0, 0.05) is 25.3 Å². The fraction of sp³-hybridized carbons (Fsp3) is 0.357. The topological polar surface area (TPSA) is 29.9 Å². The van der Waals surface area contributed by atoms with Crippen LogP contribution in [0.25, 0.3) is 0 Å². The van der Waals surface area contributed by atoms with Crippen LogP contribution in [0.1, 0.15) is 25.1 Å². The number of nitrogens with zero attached hydrogens (tertiary/aromatic N) is 2. The highest BCUT2D eigenvalue weighted by Crippen LogP contribution is 2.22. The van der Waals surface area contributed by atoms with Gasteiger partial charge >= 0.3 is 0 Å². The quantitative estimate of drug-likeness (QED) is 0.911. The zero-order valence-electron chi connectivity index (χ0n) is 11.0. The van der Waals surface area contributed by atoms with Gasteiger partial charge in [0.15, 0.2) is 0 Å². The number of aromatic nitrogens is 2. The lowest BCUT2D eigenvalue weighted by Crippen LogP contribution is -2.21. The van der Waals surface area contributed by atoms with E-state index in [0.717, 1.165) is 24.3 Å². The lowest BCUT2D eigenvalue weighted by atomic mass is 10.2. The van der Waals surface area contributed by atoms with Crippen molar-refractivity contribution in [2.24, 2.45) is 0 Å². The summed E-state index contributed by atoms with van der Waals surface area (Å²) in [6, 6.07) is 6.13. The van der Waals surface area contributed by atoms with Gasteiger partial charge in [-0.1, -0.05) is 43.1 Å². The second kappa shape index (κ2) is 6.42. The van der Waals surface area contributed by atoms with Gasteiger partial charge in [-0.25, -0.2) is 4.98 Å². The molecule has 0 aliphatic rings. The van der Waals surface area contributed by atoms with Crippen LogP contribution in [0.2, 0.25) is 10.0 Å². The summed E-state index contributed by atoms with van der Waals surface area (Å²) < 4.78 is 2.04. The molecule has 1 aromatic heterocycles. The van der Waals surface area contributed by atoms with Crippen molar-refractivity contribution in [1.29, 1.82) is 0 Å². The molecule has 5 heteroatoms. The molecule has 0 aliphatic carbocycles. The minimum atomic E-state index is 0.459. The standard InChI is InChI=1S/C14H17Cl2N3/c1-10(2)17-6-12-8-19(9-18-12)7-11-3-4-13(15)14(16)5-11/h3-5,8-10,17H,6-7H2,1-2H3. The average molecular weight is 298 g/mol. The van der Waals surface area contributed by atoms with Crippen LogP contribution in [0.15, 0.2) is 30.7 Å². The van der Waals surface area contributed by atoms with E-state index in [-0.39, 0.29) is 0 Å². The van der Waals surface area contributed by atoms with Gasteiger partial charge in [0.25, 0.3) is 0 Å². The normalized spacial score (nSPS) is 11.2. The second-order valence-electron chi connectivity index (χ2n) is 4.82. The molecule has 102 valence electrons. The Bertz CT molecular complexity index is 549. The molecule has 0 fully saturated rings. The van der Waals surface area contributed by atoms with Gasteiger partial charge in [0.05, 0.1) is 22.1 Å². The van der Waals surface area contributed by atoms with Crippen LogP contribution in [-0.2, 0) is 13.1 Å². The van der Waals surface area contributed by atoms with E-state index in [2.05, 4.69) is 24.1 Å². The fourth-order valence-electron chi connectivity index (χ4n) is 1.74. The second-order valence-corrected chi connectivity index (χ2v) is 5.64. The molecule has 0 atom stereocenters. The average Bonchev–Trinajstić information content (AvgIpc) is 2.79. The van der Waals surface area contributed by atoms with E-state index in [0.29, 0.717) is 16.1 Å². The van der Waals surface area contributed by atoms with Crippen molar-refractivity contribution in [3.05, 3.63) is 52.0 Å². The molecular formula is C14H17Cl2N3. The van der Waals surface area contributed by atoms with Gasteiger partial charge in [0.2, 0.25) is 0 Å². The van der Waals surface area contributed by atoms with Crippen molar-refractivity contribution >= 4 is 23.2 Å². The van der Waals surface area contributed by atoms with Crippen LogP contribution in [0.3, 0.4) is 0 Å². The summed E-state index contributed by atoms with van der Waals surface area (Å²) in [6.45, 7) is 5.76. The summed E-state index contributed by atoms with van der Waals surface area (Å²) in [7, 11) is 0. The predicted octanol–water partition coefficient (Wildman–Crippen LogP) is 3.74. The molecule has 0 radical (unpaired) electrons. The largest absolute Gasteiger partial charge is 0.333 e. The number of hydrogen-bond donors (Lipinski definition) is 1. The number of nitrogens with one attached hydrogen (secondary N) is 1. The Morgan fingerprint density at radius 3 is 2.74 bits per heavy atom. The van der Waals surface area contributed by atoms with Crippen molar-refractivity contribution in [2.75, 3.05) is 0 Å². The smallest absolute Gasteiger partial charge is 0.0953 e. The number of rotatable bonds is 5. The van der Waals surface area contributed by atoms with E-state index in [1.807, 2.05) is 35.3 Å². The molecule has 1 aromatic carbocycles. The molecule has 0 amide bonds. The van der Waals surface area contributed by atoms with E-state index >= 15 is 0 Å². The van der Waals surface area contributed by atoms with Crippen LogP contribution in [0.5, 0.6) is 0 Å². The van der Waals surface area contributed by atoms with Crippen molar-refractivity contribution in [3.8, 4) is 0 Å². The first-order valence-corrected chi connectivity index (χ1v) is 6.98. The van der Waals surface area contributed by atoms with E-state index in [1.165, 1.54) is 0 Å². The van der Waals surface area contributed by atoms with E-state index in [1.54, 1.807) is 0 Å². The fourth-order valence-corrected chi connectivity index (χ4v) is 2.06. The Labute approximate surface area is 123 Å². The van der Waals surface area contributed by atoms with Gasteiger partial charge in [-0.2, -0.15) is 0 Å². The summed E-state index contributed by atoms with van der Waals surface area (Å²) in [5.74, 6) is 0. The van der Waals surface area contributed by atoms with Gasteiger partial charge in [0.1, 0.15) is 0 Å². The molecule has 1 N–H and O–H groups in total. The summed E-state index contributed by atoms with van der Waals surface area (Å²) in [4.78, 5) is 4.37. The molecule has 0 aliphatic heterocycles. The zero-order valence-corrected chi connectivity index (χ0v) is 12.5. The molecule has 2 aromatic rings. The van der Waals surface area contributed by atoms with Crippen LogP contribution >= 0.6 is 23.2 Å². The number of imidazole rings is 1. The van der Waals surface area contributed by atoms with E-state index < -0.39 is 0 Å². The molecule has 1 heterocycles. The third kappa shape index (κ3) is 4.23. The maximum atomic E-state index is 6.00. The first-order chi connectivity index (χ1) is 9.04. The molecule has 0 saturated carbocycles. The molecule has 19 heavy (non-hydrogen) atoms. The monoisotopic (exact) mass is 297 g/mol. The van der Waals surface area contributed by atoms with E-state index in [9.17, 15) is 0 Å².